The van der Waals surface area contributed by atoms with E-state index in [1.54, 1.807) is 6.92 Å². The lowest BCUT2D eigenvalue weighted by Crippen LogP contribution is -2.21. The fraction of sp³-hybridized carbons (Fsp3) is 0.263. The number of halogens is 3. The Hall–Kier alpha value is -3.23. The van der Waals surface area contributed by atoms with Gasteiger partial charge in [-0.2, -0.15) is 13.2 Å². The predicted octanol–water partition coefficient (Wildman–Crippen LogP) is 3.91. The Kier molecular flexibility index (Phi) is 6.86. The molecule has 2 aromatic rings. The molecule has 0 saturated carbocycles. The second kappa shape index (κ2) is 9.12. The molecule has 0 bridgehead atoms. The van der Waals surface area contributed by atoms with E-state index < -0.39 is 30.2 Å². The number of nitrogens with one attached hydrogen (secondary N) is 1. The van der Waals surface area contributed by atoms with Crippen molar-refractivity contribution < 1.29 is 37.0 Å². The van der Waals surface area contributed by atoms with Crippen LogP contribution in [-0.2, 0) is 15.7 Å². The molecule has 0 fully saturated rings. The van der Waals surface area contributed by atoms with E-state index in [2.05, 4.69) is 5.32 Å². The molecule has 0 aliphatic heterocycles. The van der Waals surface area contributed by atoms with Crippen molar-refractivity contribution >= 4 is 17.6 Å². The molecule has 0 aromatic heterocycles. The van der Waals surface area contributed by atoms with Crippen LogP contribution in [0.1, 0.15) is 22.8 Å². The van der Waals surface area contributed by atoms with Crippen molar-refractivity contribution in [1.29, 1.82) is 0 Å². The van der Waals surface area contributed by atoms with Gasteiger partial charge < -0.3 is 19.5 Å². The number of rotatable bonds is 7. The lowest BCUT2D eigenvalue weighted by molar-refractivity contribution is -0.137. The van der Waals surface area contributed by atoms with Gasteiger partial charge in [0.2, 0.25) is 0 Å². The van der Waals surface area contributed by atoms with Gasteiger partial charge in [0.1, 0.15) is 0 Å². The Morgan fingerprint density at radius 2 is 1.71 bits per heavy atom. The van der Waals surface area contributed by atoms with Crippen LogP contribution in [0.5, 0.6) is 11.5 Å². The van der Waals surface area contributed by atoms with Gasteiger partial charge in [-0.15, -0.1) is 0 Å². The van der Waals surface area contributed by atoms with Crippen molar-refractivity contribution in [2.24, 2.45) is 0 Å². The quantitative estimate of drug-likeness (QED) is 0.717. The fourth-order valence-electron chi connectivity index (χ4n) is 2.23. The molecular formula is C19H18F3NO5. The molecule has 28 heavy (non-hydrogen) atoms. The second-order valence-corrected chi connectivity index (χ2v) is 5.50. The van der Waals surface area contributed by atoms with Crippen LogP contribution in [0.3, 0.4) is 0 Å². The molecule has 150 valence electrons. The summed E-state index contributed by atoms with van der Waals surface area (Å²) < 4.78 is 52.9. The highest BCUT2D eigenvalue weighted by molar-refractivity contribution is 5.95. The van der Waals surface area contributed by atoms with Crippen LogP contribution in [0.25, 0.3) is 0 Å². The zero-order chi connectivity index (χ0) is 20.7. The van der Waals surface area contributed by atoms with Crippen molar-refractivity contribution in [3.8, 4) is 11.5 Å². The Morgan fingerprint density at radius 3 is 2.29 bits per heavy atom. The van der Waals surface area contributed by atoms with E-state index in [1.807, 2.05) is 0 Å². The van der Waals surface area contributed by atoms with E-state index in [9.17, 15) is 22.8 Å². The molecule has 0 unspecified atom stereocenters. The van der Waals surface area contributed by atoms with Gasteiger partial charge in [-0.25, -0.2) is 4.79 Å². The van der Waals surface area contributed by atoms with E-state index in [1.165, 1.54) is 25.3 Å². The number of hydrogen-bond acceptors (Lipinski definition) is 5. The molecule has 6 nitrogen and oxygen atoms in total. The van der Waals surface area contributed by atoms with Crippen LogP contribution in [0.4, 0.5) is 18.9 Å². The monoisotopic (exact) mass is 397 g/mol. The number of carbonyl (C=O) groups excluding carboxylic acids is 2. The van der Waals surface area contributed by atoms with Crippen LogP contribution in [0, 0.1) is 0 Å². The van der Waals surface area contributed by atoms with Crippen molar-refractivity contribution in [2.45, 2.75) is 13.1 Å². The third-order valence-electron chi connectivity index (χ3n) is 3.53. The molecule has 0 spiro atoms. The summed E-state index contributed by atoms with van der Waals surface area (Å²) >= 11 is 0. The molecule has 2 aromatic carbocycles. The third kappa shape index (κ3) is 5.63. The van der Waals surface area contributed by atoms with Gasteiger partial charge >= 0.3 is 12.1 Å². The van der Waals surface area contributed by atoms with Gasteiger partial charge in [-0.05, 0) is 49.4 Å². The number of benzene rings is 2. The van der Waals surface area contributed by atoms with Gasteiger partial charge in [-0.3, -0.25) is 4.79 Å². The minimum atomic E-state index is -4.46. The summed E-state index contributed by atoms with van der Waals surface area (Å²) in [5.74, 6) is -0.648. The highest BCUT2D eigenvalue weighted by Gasteiger charge is 2.30. The number of methoxy groups -OCH3 is 1. The molecule has 0 radical (unpaired) electrons. The van der Waals surface area contributed by atoms with Crippen LogP contribution >= 0.6 is 0 Å². The van der Waals surface area contributed by atoms with E-state index in [0.717, 1.165) is 24.3 Å². The van der Waals surface area contributed by atoms with E-state index >= 15 is 0 Å². The summed E-state index contributed by atoms with van der Waals surface area (Å²) in [5.41, 5.74) is -0.523. The zero-order valence-corrected chi connectivity index (χ0v) is 15.1. The Balaban J connectivity index is 1.93. The number of hydrogen-bond donors (Lipinski definition) is 1. The van der Waals surface area contributed by atoms with Crippen LogP contribution in [0.2, 0.25) is 0 Å². The predicted molar refractivity (Wildman–Crippen MR) is 94.5 cm³/mol. The average Bonchev–Trinajstić information content (AvgIpc) is 2.66. The number of amides is 1. The number of carbonyl (C=O) groups is 2. The minimum absolute atomic E-state index is 0.150. The summed E-state index contributed by atoms with van der Waals surface area (Å²) in [5, 5.41) is 2.35. The number of ether oxygens (including phenoxy) is 3. The lowest BCUT2D eigenvalue weighted by atomic mass is 10.2. The number of anilines is 1. The van der Waals surface area contributed by atoms with Gasteiger partial charge in [0.15, 0.2) is 18.1 Å². The van der Waals surface area contributed by atoms with Gasteiger partial charge in [0.25, 0.3) is 5.91 Å². The van der Waals surface area contributed by atoms with Crippen molar-refractivity contribution in [3.63, 3.8) is 0 Å². The standard InChI is InChI=1S/C19H18F3NO5/c1-3-27-16-10-12(4-9-15(16)26-2)18(25)28-11-17(24)23-14-7-5-13(6-8-14)19(20,21)22/h4-10H,3,11H2,1-2H3,(H,23,24). The topological polar surface area (TPSA) is 73.9 Å². The molecule has 9 heteroatoms. The maximum Gasteiger partial charge on any atom is 0.416 e. The Bertz CT molecular complexity index is 834. The summed E-state index contributed by atoms with van der Waals surface area (Å²) in [6, 6.07) is 8.32. The second-order valence-electron chi connectivity index (χ2n) is 5.50. The normalized spacial score (nSPS) is 10.9. The molecule has 2 rings (SSSR count). The van der Waals surface area contributed by atoms with E-state index in [4.69, 9.17) is 14.2 Å². The molecule has 0 heterocycles. The largest absolute Gasteiger partial charge is 0.493 e. The molecule has 0 aliphatic carbocycles. The van der Waals surface area contributed by atoms with Crippen molar-refractivity contribution in [2.75, 3.05) is 25.6 Å². The van der Waals surface area contributed by atoms with Crippen molar-refractivity contribution in [1.82, 2.24) is 0 Å². The lowest BCUT2D eigenvalue weighted by Gasteiger charge is -2.11. The molecule has 0 saturated heterocycles. The first-order valence-electron chi connectivity index (χ1n) is 8.19. The number of alkyl halides is 3. The first-order valence-corrected chi connectivity index (χ1v) is 8.19. The highest BCUT2D eigenvalue weighted by Crippen LogP contribution is 2.30. The molecule has 1 amide bonds. The van der Waals surface area contributed by atoms with Crippen molar-refractivity contribution in [3.05, 3.63) is 53.6 Å². The molecular weight excluding hydrogens is 379 g/mol. The average molecular weight is 397 g/mol. The zero-order valence-electron chi connectivity index (χ0n) is 15.1. The summed E-state index contributed by atoms with van der Waals surface area (Å²) in [7, 11) is 1.46. The summed E-state index contributed by atoms with van der Waals surface area (Å²) in [6.45, 7) is 1.54. The van der Waals surface area contributed by atoms with Gasteiger partial charge in [-0.1, -0.05) is 0 Å². The van der Waals surface area contributed by atoms with E-state index in [0.29, 0.717) is 18.1 Å². The smallest absolute Gasteiger partial charge is 0.416 e. The van der Waals surface area contributed by atoms with Gasteiger partial charge in [0.05, 0.1) is 24.8 Å². The highest BCUT2D eigenvalue weighted by atomic mass is 19.4. The Morgan fingerprint density at radius 1 is 1.04 bits per heavy atom. The van der Waals surface area contributed by atoms with Gasteiger partial charge in [0, 0.05) is 5.69 Å². The maximum atomic E-state index is 12.5. The summed E-state index contributed by atoms with van der Waals surface area (Å²) in [4.78, 5) is 23.9. The molecule has 0 atom stereocenters. The number of esters is 1. The fourth-order valence-corrected chi connectivity index (χ4v) is 2.23. The first-order chi connectivity index (χ1) is 13.2. The first kappa shape index (κ1) is 21.1. The third-order valence-corrected chi connectivity index (χ3v) is 3.53. The molecule has 0 aliphatic rings. The van der Waals surface area contributed by atoms with E-state index in [-0.39, 0.29) is 11.3 Å². The SMILES string of the molecule is CCOc1cc(C(=O)OCC(=O)Nc2ccc(C(F)(F)F)cc2)ccc1OC. The minimum Gasteiger partial charge on any atom is -0.493 e. The maximum absolute atomic E-state index is 12.5. The summed E-state index contributed by atoms with van der Waals surface area (Å²) in [6.07, 6.45) is -4.46. The Labute approximate surface area is 159 Å². The van der Waals surface area contributed by atoms with Crippen LogP contribution in [-0.4, -0.2) is 32.2 Å². The molecule has 1 N–H and O–H groups in total. The van der Waals surface area contributed by atoms with Crippen LogP contribution in [0.15, 0.2) is 42.5 Å². The van der Waals surface area contributed by atoms with Crippen LogP contribution < -0.4 is 14.8 Å².